The maximum Gasteiger partial charge on any atom is 0.264 e. The summed E-state index contributed by atoms with van der Waals surface area (Å²) in [5.41, 5.74) is 1.20. The third-order valence-electron chi connectivity index (χ3n) is 5.46. The van der Waals surface area contributed by atoms with Crippen molar-refractivity contribution in [1.82, 2.24) is 9.88 Å². The standard InChI is InChI=1S/C22H21ClFN3O4S/c1-32(30,31)10-9-26-7-8-27-20-14(3-2-4-19(20)26)11-17(22(27)29)21(28)25-13-15-5-6-16(23)12-18(15)24/h2-6,11-12H,7-10,13H2,1H3,(H,25,28). The predicted octanol–water partition coefficient (Wildman–Crippen LogP) is 2.59. The van der Waals surface area contributed by atoms with E-state index in [1.165, 1.54) is 24.5 Å². The molecular formula is C22H21ClFN3O4S. The first-order chi connectivity index (χ1) is 15.1. The Morgan fingerprint density at radius 1 is 1.19 bits per heavy atom. The van der Waals surface area contributed by atoms with Gasteiger partial charge in [-0.2, -0.15) is 0 Å². The van der Waals surface area contributed by atoms with Gasteiger partial charge in [0, 0.05) is 48.4 Å². The van der Waals surface area contributed by atoms with Gasteiger partial charge in [-0.1, -0.05) is 29.8 Å². The number of amides is 1. The first kappa shape index (κ1) is 22.3. The maximum atomic E-state index is 14.0. The Labute approximate surface area is 189 Å². The third-order valence-corrected chi connectivity index (χ3v) is 6.62. The zero-order valence-corrected chi connectivity index (χ0v) is 18.8. The number of para-hydroxylation sites is 1. The number of carbonyl (C=O) groups excluding carboxylic acids is 1. The largest absolute Gasteiger partial charge is 0.367 e. The quantitative estimate of drug-likeness (QED) is 0.589. The second-order valence-corrected chi connectivity index (χ2v) is 10.5. The van der Waals surface area contributed by atoms with Crippen LogP contribution >= 0.6 is 11.6 Å². The number of pyridine rings is 1. The lowest BCUT2D eigenvalue weighted by Gasteiger charge is -2.32. The molecule has 0 unspecified atom stereocenters. The molecule has 2 heterocycles. The van der Waals surface area contributed by atoms with Gasteiger partial charge in [0.15, 0.2) is 0 Å². The van der Waals surface area contributed by atoms with E-state index in [0.717, 1.165) is 11.8 Å². The minimum atomic E-state index is -3.13. The van der Waals surface area contributed by atoms with Crippen molar-refractivity contribution in [2.75, 3.05) is 30.0 Å². The summed E-state index contributed by atoms with van der Waals surface area (Å²) in [5, 5.41) is 3.54. The van der Waals surface area contributed by atoms with E-state index in [0.29, 0.717) is 30.5 Å². The van der Waals surface area contributed by atoms with Gasteiger partial charge in [-0.3, -0.25) is 9.59 Å². The topological polar surface area (TPSA) is 88.5 Å². The molecule has 2 aromatic carbocycles. The van der Waals surface area contributed by atoms with Gasteiger partial charge in [0.25, 0.3) is 11.5 Å². The Morgan fingerprint density at radius 3 is 2.69 bits per heavy atom. The van der Waals surface area contributed by atoms with Crippen LogP contribution in [-0.4, -0.2) is 44.0 Å². The Hall–Kier alpha value is -2.91. The van der Waals surface area contributed by atoms with Crippen LogP contribution in [0.3, 0.4) is 0 Å². The normalized spacial score (nSPS) is 13.4. The van der Waals surface area contributed by atoms with Crippen LogP contribution in [0.4, 0.5) is 10.1 Å². The summed E-state index contributed by atoms with van der Waals surface area (Å²) in [4.78, 5) is 27.8. The number of hydrogen-bond donors (Lipinski definition) is 1. The summed E-state index contributed by atoms with van der Waals surface area (Å²) in [6, 6.07) is 11.1. The van der Waals surface area contributed by atoms with Gasteiger partial charge in [-0.25, -0.2) is 12.8 Å². The minimum Gasteiger partial charge on any atom is -0.367 e. The first-order valence-electron chi connectivity index (χ1n) is 9.95. The van der Waals surface area contributed by atoms with Crippen LogP contribution < -0.4 is 15.8 Å². The number of aromatic nitrogens is 1. The smallest absolute Gasteiger partial charge is 0.264 e. The monoisotopic (exact) mass is 477 g/mol. The number of nitrogens with zero attached hydrogens (tertiary/aromatic N) is 2. The summed E-state index contributed by atoms with van der Waals surface area (Å²) < 4.78 is 38.7. The number of rotatable bonds is 6. The zero-order chi connectivity index (χ0) is 23.0. The number of nitrogens with one attached hydrogen (secondary N) is 1. The number of benzene rings is 2. The van der Waals surface area contributed by atoms with Gasteiger partial charge in [0.1, 0.15) is 21.2 Å². The lowest BCUT2D eigenvalue weighted by molar-refractivity contribution is 0.0948. The Bertz CT molecular complexity index is 1390. The molecule has 0 saturated carbocycles. The molecule has 0 fully saturated rings. The molecule has 1 N–H and O–H groups in total. The number of carbonyl (C=O) groups is 1. The van der Waals surface area contributed by atoms with Gasteiger partial charge in [-0.15, -0.1) is 0 Å². The molecule has 0 spiro atoms. The van der Waals surface area contributed by atoms with Crippen LogP contribution in [-0.2, 0) is 22.9 Å². The van der Waals surface area contributed by atoms with Crippen LogP contribution in [0, 0.1) is 5.82 Å². The van der Waals surface area contributed by atoms with E-state index in [9.17, 15) is 22.4 Å². The number of anilines is 1. The molecule has 1 aliphatic heterocycles. The number of hydrogen-bond acceptors (Lipinski definition) is 5. The molecule has 0 aliphatic carbocycles. The van der Waals surface area contributed by atoms with Gasteiger partial charge < -0.3 is 14.8 Å². The van der Waals surface area contributed by atoms with E-state index < -0.39 is 27.1 Å². The van der Waals surface area contributed by atoms with Crippen molar-refractivity contribution in [3.8, 4) is 0 Å². The van der Waals surface area contributed by atoms with E-state index in [4.69, 9.17) is 11.6 Å². The molecule has 3 aromatic rings. The summed E-state index contributed by atoms with van der Waals surface area (Å²) in [6.07, 6.45) is 1.19. The van der Waals surface area contributed by atoms with Crippen LogP contribution in [0.2, 0.25) is 5.02 Å². The second kappa shape index (κ2) is 8.55. The average molecular weight is 478 g/mol. The highest BCUT2D eigenvalue weighted by Crippen LogP contribution is 2.29. The maximum absolute atomic E-state index is 14.0. The Morgan fingerprint density at radius 2 is 1.97 bits per heavy atom. The molecule has 0 bridgehead atoms. The zero-order valence-electron chi connectivity index (χ0n) is 17.3. The molecule has 10 heteroatoms. The molecular weight excluding hydrogens is 457 g/mol. The van der Waals surface area contributed by atoms with Crippen molar-refractivity contribution in [2.45, 2.75) is 13.1 Å². The summed E-state index contributed by atoms with van der Waals surface area (Å²) in [6.45, 7) is 1.01. The lowest BCUT2D eigenvalue weighted by atomic mass is 10.1. The molecule has 7 nitrogen and oxygen atoms in total. The molecule has 1 aromatic heterocycles. The fourth-order valence-electron chi connectivity index (χ4n) is 3.84. The highest BCUT2D eigenvalue weighted by molar-refractivity contribution is 7.90. The summed E-state index contributed by atoms with van der Waals surface area (Å²) in [5.74, 6) is -1.13. The molecule has 0 saturated heterocycles. The second-order valence-electron chi connectivity index (χ2n) is 7.77. The molecule has 4 rings (SSSR count). The van der Waals surface area contributed by atoms with Crippen molar-refractivity contribution in [3.05, 3.63) is 74.8 Å². The van der Waals surface area contributed by atoms with E-state index >= 15 is 0 Å². The fraction of sp³-hybridized carbons (Fsp3) is 0.273. The van der Waals surface area contributed by atoms with Crippen molar-refractivity contribution >= 4 is 43.9 Å². The first-order valence-corrected chi connectivity index (χ1v) is 12.4. The van der Waals surface area contributed by atoms with E-state index in [1.54, 1.807) is 16.7 Å². The lowest BCUT2D eigenvalue weighted by Crippen LogP contribution is -2.41. The highest BCUT2D eigenvalue weighted by Gasteiger charge is 2.24. The van der Waals surface area contributed by atoms with Crippen LogP contribution in [0.5, 0.6) is 0 Å². The summed E-state index contributed by atoms with van der Waals surface area (Å²) in [7, 11) is -3.13. The van der Waals surface area contributed by atoms with Gasteiger partial charge in [0.2, 0.25) is 0 Å². The van der Waals surface area contributed by atoms with Crippen molar-refractivity contribution in [1.29, 1.82) is 0 Å². The SMILES string of the molecule is CS(=O)(=O)CCN1CCn2c(=O)c(C(=O)NCc3ccc(Cl)cc3F)cc3cccc1c32. The van der Waals surface area contributed by atoms with Crippen molar-refractivity contribution in [3.63, 3.8) is 0 Å². The van der Waals surface area contributed by atoms with Crippen LogP contribution in [0.25, 0.3) is 10.9 Å². The number of sulfone groups is 1. The minimum absolute atomic E-state index is 0.00929. The molecule has 1 aliphatic rings. The van der Waals surface area contributed by atoms with E-state index in [1.807, 2.05) is 11.0 Å². The molecule has 32 heavy (non-hydrogen) atoms. The Kier molecular flexibility index (Phi) is 5.96. The van der Waals surface area contributed by atoms with E-state index in [-0.39, 0.29) is 28.4 Å². The van der Waals surface area contributed by atoms with Gasteiger partial charge in [0.05, 0.1) is 17.0 Å². The average Bonchev–Trinajstić information content (AvgIpc) is 2.73. The van der Waals surface area contributed by atoms with E-state index in [2.05, 4.69) is 5.32 Å². The van der Waals surface area contributed by atoms with Crippen LogP contribution in [0.1, 0.15) is 15.9 Å². The van der Waals surface area contributed by atoms with Gasteiger partial charge >= 0.3 is 0 Å². The predicted molar refractivity (Wildman–Crippen MR) is 123 cm³/mol. The molecule has 0 radical (unpaired) electrons. The molecule has 0 atom stereocenters. The molecule has 168 valence electrons. The van der Waals surface area contributed by atoms with Crippen molar-refractivity contribution < 1.29 is 17.6 Å². The summed E-state index contributed by atoms with van der Waals surface area (Å²) >= 11 is 5.75. The third kappa shape index (κ3) is 4.49. The highest BCUT2D eigenvalue weighted by atomic mass is 35.5. The van der Waals surface area contributed by atoms with Gasteiger partial charge in [-0.05, 0) is 24.3 Å². The fourth-order valence-corrected chi connectivity index (χ4v) is 4.55. The Balaban J connectivity index is 1.64. The van der Waals surface area contributed by atoms with Crippen molar-refractivity contribution in [2.24, 2.45) is 0 Å². The van der Waals surface area contributed by atoms with Crippen LogP contribution in [0.15, 0.2) is 47.3 Å². The number of halogens is 2. The molecule has 1 amide bonds.